The van der Waals surface area contributed by atoms with Crippen LogP contribution < -0.4 is 10.2 Å². The van der Waals surface area contributed by atoms with Crippen LogP contribution in [0.1, 0.15) is 24.8 Å². The van der Waals surface area contributed by atoms with E-state index in [2.05, 4.69) is 27.1 Å². The molecule has 32 heavy (non-hydrogen) atoms. The summed E-state index contributed by atoms with van der Waals surface area (Å²) in [6.45, 7) is 6.08. The van der Waals surface area contributed by atoms with E-state index in [-0.39, 0.29) is 10.8 Å². The van der Waals surface area contributed by atoms with Crippen LogP contribution in [0.15, 0.2) is 47.5 Å². The van der Waals surface area contributed by atoms with Gasteiger partial charge >= 0.3 is 0 Å². The van der Waals surface area contributed by atoms with Gasteiger partial charge in [0, 0.05) is 32.7 Å². The van der Waals surface area contributed by atoms with Gasteiger partial charge in [-0.25, -0.2) is 13.4 Å². The number of sulfonamides is 1. The molecule has 0 bridgehead atoms. The molecular formula is C23H31N5O3S. The van der Waals surface area contributed by atoms with Gasteiger partial charge in [0.05, 0.1) is 16.8 Å². The monoisotopic (exact) mass is 457 g/mol. The molecule has 1 unspecified atom stereocenters. The van der Waals surface area contributed by atoms with Crippen molar-refractivity contribution in [3.05, 3.63) is 48.2 Å². The van der Waals surface area contributed by atoms with E-state index in [0.717, 1.165) is 50.4 Å². The summed E-state index contributed by atoms with van der Waals surface area (Å²) in [7, 11) is -1.64. The zero-order chi connectivity index (χ0) is 22.7. The number of amides is 1. The number of piperidine rings is 1. The van der Waals surface area contributed by atoms with Gasteiger partial charge in [-0.15, -0.1) is 0 Å². The summed E-state index contributed by atoms with van der Waals surface area (Å²) in [5.41, 5.74) is 1.57. The number of carbonyl (C=O) groups excluding carboxylic acids is 1. The summed E-state index contributed by atoms with van der Waals surface area (Å²) in [6.07, 6.45) is 3.71. The van der Waals surface area contributed by atoms with Crippen molar-refractivity contribution >= 4 is 27.4 Å². The number of pyridine rings is 1. The van der Waals surface area contributed by atoms with Gasteiger partial charge < -0.3 is 15.1 Å². The van der Waals surface area contributed by atoms with Crippen molar-refractivity contribution in [2.75, 3.05) is 50.0 Å². The number of likely N-dealkylation sites (N-methyl/N-ethyl adjacent to an activating group) is 1. The van der Waals surface area contributed by atoms with Crippen LogP contribution in [0.2, 0.25) is 0 Å². The number of rotatable bonds is 5. The van der Waals surface area contributed by atoms with Crippen molar-refractivity contribution in [3.63, 3.8) is 0 Å². The number of benzene rings is 1. The maximum absolute atomic E-state index is 13.2. The molecule has 9 heteroatoms. The van der Waals surface area contributed by atoms with Crippen molar-refractivity contribution < 1.29 is 13.2 Å². The quantitative estimate of drug-likeness (QED) is 0.742. The number of carbonyl (C=O) groups is 1. The number of anilines is 2. The molecule has 0 aliphatic carbocycles. The molecule has 4 rings (SSSR count). The van der Waals surface area contributed by atoms with Crippen molar-refractivity contribution in [1.82, 2.24) is 14.2 Å². The Balaban J connectivity index is 1.46. The zero-order valence-corrected chi connectivity index (χ0v) is 19.5. The lowest BCUT2D eigenvalue weighted by atomic mass is 10.0. The van der Waals surface area contributed by atoms with E-state index in [1.807, 2.05) is 19.1 Å². The third-order valence-electron chi connectivity index (χ3n) is 6.23. The van der Waals surface area contributed by atoms with E-state index in [1.165, 1.54) is 4.31 Å². The minimum absolute atomic E-state index is 0.223. The van der Waals surface area contributed by atoms with Crippen LogP contribution >= 0.6 is 0 Å². The highest BCUT2D eigenvalue weighted by Gasteiger charge is 2.37. The van der Waals surface area contributed by atoms with E-state index in [1.54, 1.807) is 30.5 Å². The molecule has 2 aliphatic heterocycles. The van der Waals surface area contributed by atoms with Crippen LogP contribution in [0.4, 0.5) is 11.5 Å². The largest absolute Gasteiger partial charge is 0.354 e. The summed E-state index contributed by atoms with van der Waals surface area (Å²) in [4.78, 5) is 22.3. The summed E-state index contributed by atoms with van der Waals surface area (Å²) >= 11 is 0. The van der Waals surface area contributed by atoms with Crippen LogP contribution in [-0.2, 0) is 14.8 Å². The highest BCUT2D eigenvalue weighted by Crippen LogP contribution is 2.27. The minimum Gasteiger partial charge on any atom is -0.354 e. The van der Waals surface area contributed by atoms with Crippen LogP contribution in [0.3, 0.4) is 0 Å². The number of hydrogen-bond acceptors (Lipinski definition) is 6. The number of hydrogen-bond donors (Lipinski definition) is 1. The second kappa shape index (κ2) is 9.56. The molecular weight excluding hydrogens is 426 g/mol. The molecule has 172 valence electrons. The maximum Gasteiger partial charge on any atom is 0.243 e. The van der Waals surface area contributed by atoms with Crippen LogP contribution in [-0.4, -0.2) is 74.3 Å². The normalized spacial score (nSPS) is 20.8. The Morgan fingerprint density at radius 2 is 1.72 bits per heavy atom. The molecule has 1 aromatic carbocycles. The van der Waals surface area contributed by atoms with E-state index < -0.39 is 16.1 Å². The molecule has 1 amide bonds. The maximum atomic E-state index is 13.2. The Bertz CT molecular complexity index is 1030. The number of aromatic nitrogens is 1. The number of aryl methyl sites for hydroxylation is 1. The minimum atomic E-state index is -3.74. The number of nitrogens with zero attached hydrogens (tertiary/aromatic N) is 4. The fourth-order valence-electron chi connectivity index (χ4n) is 4.21. The van der Waals surface area contributed by atoms with Crippen molar-refractivity contribution in [2.45, 2.75) is 37.1 Å². The Kier molecular flexibility index (Phi) is 6.78. The SMILES string of the molecule is Cc1ccc(S(=O)(=O)N2CCCCC2C(=O)Nc2ccc(N3CCN(C)CC3)nc2)cc1. The van der Waals surface area contributed by atoms with Gasteiger partial charge in [0.15, 0.2) is 0 Å². The summed E-state index contributed by atoms with van der Waals surface area (Å²) < 4.78 is 27.8. The van der Waals surface area contributed by atoms with Gasteiger partial charge in [0.2, 0.25) is 15.9 Å². The molecule has 2 saturated heterocycles. The molecule has 2 aliphatic rings. The first-order valence-electron chi connectivity index (χ1n) is 11.1. The molecule has 0 spiro atoms. The topological polar surface area (TPSA) is 85.8 Å². The molecule has 1 aromatic heterocycles. The predicted octanol–water partition coefficient (Wildman–Crippen LogP) is 2.32. The average molecular weight is 458 g/mol. The molecule has 8 nitrogen and oxygen atoms in total. The van der Waals surface area contributed by atoms with Gasteiger partial charge in [-0.2, -0.15) is 4.31 Å². The van der Waals surface area contributed by atoms with Gasteiger partial charge in [0.25, 0.3) is 0 Å². The van der Waals surface area contributed by atoms with Crippen LogP contribution in [0.5, 0.6) is 0 Å². The van der Waals surface area contributed by atoms with Crippen molar-refractivity contribution in [1.29, 1.82) is 0 Å². The lowest BCUT2D eigenvalue weighted by molar-refractivity contribution is -0.120. The Morgan fingerprint density at radius 1 is 1.00 bits per heavy atom. The fourth-order valence-corrected chi connectivity index (χ4v) is 5.86. The van der Waals surface area contributed by atoms with Gasteiger partial charge in [0.1, 0.15) is 11.9 Å². The smallest absolute Gasteiger partial charge is 0.243 e. The van der Waals surface area contributed by atoms with E-state index in [0.29, 0.717) is 18.7 Å². The standard InChI is InChI=1S/C23H31N5O3S/c1-18-6-9-20(10-7-18)32(30,31)28-12-4-3-5-21(28)23(29)25-19-8-11-22(24-17-19)27-15-13-26(2)14-16-27/h6-11,17,21H,3-5,12-16H2,1-2H3,(H,25,29). The average Bonchev–Trinajstić information content (AvgIpc) is 2.80. The first-order valence-corrected chi connectivity index (χ1v) is 12.6. The fraction of sp³-hybridized carbons (Fsp3) is 0.478. The highest BCUT2D eigenvalue weighted by molar-refractivity contribution is 7.89. The molecule has 2 fully saturated rings. The van der Waals surface area contributed by atoms with E-state index >= 15 is 0 Å². The van der Waals surface area contributed by atoms with Crippen molar-refractivity contribution in [3.8, 4) is 0 Å². The third-order valence-corrected chi connectivity index (χ3v) is 8.15. The molecule has 3 heterocycles. The van der Waals surface area contributed by atoms with Gasteiger partial charge in [-0.05, 0) is 51.1 Å². The molecule has 2 aromatic rings. The summed E-state index contributed by atoms with van der Waals surface area (Å²) in [6, 6.07) is 9.78. The second-order valence-electron chi connectivity index (χ2n) is 8.63. The molecule has 1 N–H and O–H groups in total. The van der Waals surface area contributed by atoms with Crippen LogP contribution in [0, 0.1) is 6.92 Å². The first kappa shape index (κ1) is 22.7. The van der Waals surface area contributed by atoms with Crippen molar-refractivity contribution in [2.24, 2.45) is 0 Å². The summed E-state index contributed by atoms with van der Waals surface area (Å²) in [5, 5.41) is 2.88. The number of piperazine rings is 1. The van der Waals surface area contributed by atoms with Crippen LogP contribution in [0.25, 0.3) is 0 Å². The van der Waals surface area contributed by atoms with Gasteiger partial charge in [-0.3, -0.25) is 4.79 Å². The Hall–Kier alpha value is -2.49. The first-order chi connectivity index (χ1) is 15.3. The summed E-state index contributed by atoms with van der Waals surface area (Å²) in [5.74, 6) is 0.576. The Labute approximate surface area is 190 Å². The molecule has 0 saturated carbocycles. The molecule has 1 atom stereocenters. The zero-order valence-electron chi connectivity index (χ0n) is 18.7. The number of nitrogens with one attached hydrogen (secondary N) is 1. The lowest BCUT2D eigenvalue weighted by Crippen LogP contribution is -2.49. The highest BCUT2D eigenvalue weighted by atomic mass is 32.2. The third kappa shape index (κ3) is 4.95. The second-order valence-corrected chi connectivity index (χ2v) is 10.5. The van der Waals surface area contributed by atoms with Gasteiger partial charge in [-0.1, -0.05) is 24.1 Å². The molecule has 0 radical (unpaired) electrons. The van der Waals surface area contributed by atoms with E-state index in [4.69, 9.17) is 0 Å². The lowest BCUT2D eigenvalue weighted by Gasteiger charge is -2.34. The van der Waals surface area contributed by atoms with E-state index in [9.17, 15) is 13.2 Å². The Morgan fingerprint density at radius 3 is 2.38 bits per heavy atom. The predicted molar refractivity (Wildman–Crippen MR) is 125 cm³/mol.